The summed E-state index contributed by atoms with van der Waals surface area (Å²) in [7, 11) is 0. The highest BCUT2D eigenvalue weighted by molar-refractivity contribution is 6.32. The Bertz CT molecular complexity index is 754. The van der Waals surface area contributed by atoms with E-state index in [9.17, 15) is 4.39 Å². The Hall–Kier alpha value is -2.25. The number of nitrogens with zero attached hydrogens (tertiary/aromatic N) is 2. The number of benzene rings is 2. The Morgan fingerprint density at radius 1 is 1.29 bits per heavy atom. The average Bonchev–Trinajstić information content (AvgIpc) is 2.99. The minimum Gasteiger partial charge on any atom is -0.380 e. The molecule has 0 aliphatic carbocycles. The number of hydrogen-bond donors (Lipinski definition) is 1. The molecule has 0 unspecified atom stereocenters. The van der Waals surface area contributed by atoms with Crippen molar-refractivity contribution in [3.63, 3.8) is 0 Å². The van der Waals surface area contributed by atoms with Gasteiger partial charge in [-0.15, -0.1) is 0 Å². The van der Waals surface area contributed by atoms with Gasteiger partial charge in [0.25, 0.3) is 0 Å². The molecule has 0 amide bonds. The molecule has 0 saturated carbocycles. The van der Waals surface area contributed by atoms with Crippen LogP contribution in [0.25, 0.3) is 0 Å². The molecule has 3 nitrogen and oxygen atoms in total. The molecule has 2 aromatic rings. The Morgan fingerprint density at radius 3 is 2.67 bits per heavy atom. The van der Waals surface area contributed by atoms with Crippen LogP contribution in [0.15, 0.2) is 42.5 Å². The molecule has 0 radical (unpaired) electrons. The van der Waals surface area contributed by atoms with E-state index in [1.165, 1.54) is 12.1 Å². The number of rotatable bonds is 4. The van der Waals surface area contributed by atoms with Gasteiger partial charge in [0.1, 0.15) is 11.9 Å². The summed E-state index contributed by atoms with van der Waals surface area (Å²) in [6, 6.07) is 14.8. The summed E-state index contributed by atoms with van der Waals surface area (Å²) in [5.74, 6) is -0.229. The fourth-order valence-electron chi connectivity index (χ4n) is 3.38. The minimum atomic E-state index is -0.229. The van der Waals surface area contributed by atoms with Crippen molar-refractivity contribution in [2.45, 2.75) is 31.8 Å². The average molecular weight is 344 g/mol. The zero-order chi connectivity index (χ0) is 17.1. The van der Waals surface area contributed by atoms with Gasteiger partial charge in [-0.1, -0.05) is 18.5 Å². The van der Waals surface area contributed by atoms with Crippen LogP contribution in [0.2, 0.25) is 5.02 Å². The van der Waals surface area contributed by atoms with E-state index in [0.29, 0.717) is 16.6 Å². The topological polar surface area (TPSA) is 39.1 Å². The SMILES string of the molecule is CC[C@H]1[C@@H](Nc2ccc(F)cc2)CCN1c1ccc(C#N)c(Cl)c1. The molecule has 0 spiro atoms. The maximum Gasteiger partial charge on any atom is 0.123 e. The smallest absolute Gasteiger partial charge is 0.123 e. The first-order valence-electron chi connectivity index (χ1n) is 8.10. The third-order valence-electron chi connectivity index (χ3n) is 4.57. The van der Waals surface area contributed by atoms with E-state index in [1.54, 1.807) is 18.2 Å². The van der Waals surface area contributed by atoms with Gasteiger partial charge in [-0.2, -0.15) is 5.26 Å². The van der Waals surface area contributed by atoms with E-state index in [1.807, 2.05) is 12.1 Å². The zero-order valence-corrected chi connectivity index (χ0v) is 14.2. The molecule has 3 rings (SSSR count). The van der Waals surface area contributed by atoms with Gasteiger partial charge in [0.05, 0.1) is 10.6 Å². The summed E-state index contributed by atoms with van der Waals surface area (Å²) in [5.41, 5.74) is 2.46. The first-order chi connectivity index (χ1) is 11.6. The van der Waals surface area contributed by atoms with Crippen LogP contribution in [0.4, 0.5) is 15.8 Å². The number of hydrogen-bond acceptors (Lipinski definition) is 3. The molecule has 1 saturated heterocycles. The highest BCUT2D eigenvalue weighted by Crippen LogP contribution is 2.32. The number of nitrogens with one attached hydrogen (secondary N) is 1. The molecule has 5 heteroatoms. The van der Waals surface area contributed by atoms with E-state index in [2.05, 4.69) is 23.2 Å². The first kappa shape index (κ1) is 16.6. The maximum absolute atomic E-state index is 13.1. The van der Waals surface area contributed by atoms with Crippen LogP contribution in [0.3, 0.4) is 0 Å². The fraction of sp³-hybridized carbons (Fsp3) is 0.316. The summed E-state index contributed by atoms with van der Waals surface area (Å²) in [6.07, 6.45) is 1.98. The minimum absolute atomic E-state index is 0.229. The lowest BCUT2D eigenvalue weighted by atomic mass is 10.1. The van der Waals surface area contributed by atoms with Crippen LogP contribution in [-0.2, 0) is 0 Å². The molecule has 1 fully saturated rings. The molecule has 2 aromatic carbocycles. The Balaban J connectivity index is 1.78. The predicted octanol–water partition coefficient (Wildman–Crippen LogP) is 4.82. The second kappa shape index (κ2) is 7.11. The molecule has 1 aliphatic heterocycles. The van der Waals surface area contributed by atoms with Crippen LogP contribution in [0.5, 0.6) is 0 Å². The molecule has 124 valence electrons. The van der Waals surface area contributed by atoms with Crippen LogP contribution in [0.1, 0.15) is 25.3 Å². The van der Waals surface area contributed by atoms with E-state index in [-0.39, 0.29) is 11.9 Å². The lowest BCUT2D eigenvalue weighted by Gasteiger charge is -2.30. The highest BCUT2D eigenvalue weighted by atomic mass is 35.5. The van der Waals surface area contributed by atoms with Gasteiger partial charge in [0.2, 0.25) is 0 Å². The molecule has 1 N–H and O–H groups in total. The summed E-state index contributed by atoms with van der Waals surface area (Å²) < 4.78 is 13.1. The van der Waals surface area contributed by atoms with Crippen LogP contribution in [-0.4, -0.2) is 18.6 Å². The third kappa shape index (κ3) is 3.32. The molecule has 2 atom stereocenters. The van der Waals surface area contributed by atoms with Crippen molar-refractivity contribution >= 4 is 23.0 Å². The monoisotopic (exact) mass is 343 g/mol. The van der Waals surface area contributed by atoms with E-state index in [0.717, 1.165) is 30.8 Å². The van der Waals surface area contributed by atoms with Gasteiger partial charge in [0, 0.05) is 30.0 Å². The fourth-order valence-corrected chi connectivity index (χ4v) is 3.60. The molecular weight excluding hydrogens is 325 g/mol. The van der Waals surface area contributed by atoms with Crippen LogP contribution in [0, 0.1) is 17.1 Å². The number of anilines is 2. The number of halogens is 2. The van der Waals surface area contributed by atoms with Gasteiger partial charge in [-0.05, 0) is 55.3 Å². The molecule has 1 heterocycles. The highest BCUT2D eigenvalue weighted by Gasteiger charge is 2.33. The van der Waals surface area contributed by atoms with E-state index >= 15 is 0 Å². The zero-order valence-electron chi connectivity index (χ0n) is 13.5. The maximum atomic E-state index is 13.1. The first-order valence-corrected chi connectivity index (χ1v) is 8.48. The third-order valence-corrected chi connectivity index (χ3v) is 4.88. The van der Waals surface area contributed by atoms with Crippen molar-refractivity contribution in [2.75, 3.05) is 16.8 Å². The Kier molecular flexibility index (Phi) is 4.92. The van der Waals surface area contributed by atoms with Gasteiger partial charge < -0.3 is 10.2 Å². The number of nitriles is 1. The van der Waals surface area contributed by atoms with Crippen molar-refractivity contribution in [3.05, 3.63) is 58.9 Å². The van der Waals surface area contributed by atoms with Crippen molar-refractivity contribution in [1.29, 1.82) is 5.26 Å². The van der Waals surface area contributed by atoms with Crippen molar-refractivity contribution < 1.29 is 4.39 Å². The summed E-state index contributed by atoms with van der Waals surface area (Å²) in [5, 5.41) is 13.0. The Morgan fingerprint density at radius 2 is 2.04 bits per heavy atom. The lowest BCUT2D eigenvalue weighted by Crippen LogP contribution is -2.38. The van der Waals surface area contributed by atoms with Crippen molar-refractivity contribution in [1.82, 2.24) is 0 Å². The van der Waals surface area contributed by atoms with Gasteiger partial charge in [-0.3, -0.25) is 0 Å². The summed E-state index contributed by atoms with van der Waals surface area (Å²) in [4.78, 5) is 2.33. The lowest BCUT2D eigenvalue weighted by molar-refractivity contribution is 0.592. The second-order valence-corrected chi connectivity index (χ2v) is 6.40. The largest absolute Gasteiger partial charge is 0.380 e. The van der Waals surface area contributed by atoms with E-state index in [4.69, 9.17) is 16.9 Å². The molecular formula is C19H19ClFN3. The molecule has 24 heavy (non-hydrogen) atoms. The molecule has 0 aromatic heterocycles. The van der Waals surface area contributed by atoms with Gasteiger partial charge in [0.15, 0.2) is 0 Å². The predicted molar refractivity (Wildman–Crippen MR) is 96.0 cm³/mol. The van der Waals surface area contributed by atoms with Crippen molar-refractivity contribution in [3.8, 4) is 6.07 Å². The van der Waals surface area contributed by atoms with Crippen LogP contribution < -0.4 is 10.2 Å². The summed E-state index contributed by atoms with van der Waals surface area (Å²) >= 11 is 6.18. The van der Waals surface area contributed by atoms with Crippen LogP contribution >= 0.6 is 11.6 Å². The van der Waals surface area contributed by atoms with E-state index < -0.39 is 0 Å². The Labute approximate surface area is 146 Å². The summed E-state index contributed by atoms with van der Waals surface area (Å²) in [6.45, 7) is 3.08. The molecule has 1 aliphatic rings. The second-order valence-electron chi connectivity index (χ2n) is 5.99. The van der Waals surface area contributed by atoms with Gasteiger partial charge in [-0.25, -0.2) is 4.39 Å². The standard InChI is InChI=1S/C19H19ClFN3/c1-2-19-18(23-15-6-4-14(21)5-7-15)9-10-24(19)16-8-3-13(12-22)17(20)11-16/h3-8,11,18-19,23H,2,9-10H2,1H3/t18-,19-/m0/s1. The quantitative estimate of drug-likeness (QED) is 0.865. The molecule has 0 bridgehead atoms. The normalized spacial score (nSPS) is 20.0. The van der Waals surface area contributed by atoms with Gasteiger partial charge >= 0.3 is 0 Å². The van der Waals surface area contributed by atoms with Crippen molar-refractivity contribution in [2.24, 2.45) is 0 Å².